The van der Waals surface area contributed by atoms with Gasteiger partial charge in [-0.15, -0.1) is 0 Å². The number of amides is 1. The minimum absolute atomic E-state index is 0.0354. The molecule has 1 aliphatic carbocycles. The first kappa shape index (κ1) is 11.1. The molecule has 1 aromatic rings. The van der Waals surface area contributed by atoms with Gasteiger partial charge in [0, 0.05) is 11.5 Å². The van der Waals surface area contributed by atoms with Gasteiger partial charge in [0.15, 0.2) is 0 Å². The number of hydrogen-bond donors (Lipinski definition) is 1. The zero-order valence-corrected chi connectivity index (χ0v) is 9.59. The summed E-state index contributed by atoms with van der Waals surface area (Å²) < 4.78 is 13.6. The van der Waals surface area contributed by atoms with Gasteiger partial charge < -0.3 is 5.32 Å². The molecule has 0 aromatic heterocycles. The van der Waals surface area contributed by atoms with E-state index in [2.05, 4.69) is 5.32 Å². The number of benzene rings is 1. The molecule has 2 rings (SSSR count). The van der Waals surface area contributed by atoms with Crippen molar-refractivity contribution >= 4 is 5.91 Å². The van der Waals surface area contributed by atoms with E-state index in [1.807, 2.05) is 13.8 Å². The van der Waals surface area contributed by atoms with E-state index in [1.54, 1.807) is 18.2 Å². The Bertz CT molecular complexity index is 410. The van der Waals surface area contributed by atoms with E-state index in [4.69, 9.17) is 0 Å². The summed E-state index contributed by atoms with van der Waals surface area (Å²) >= 11 is 0. The van der Waals surface area contributed by atoms with Crippen molar-refractivity contribution in [2.45, 2.75) is 32.2 Å². The second kappa shape index (κ2) is 3.89. The van der Waals surface area contributed by atoms with Crippen LogP contribution in [0.3, 0.4) is 0 Å². The first-order chi connectivity index (χ1) is 7.50. The highest BCUT2D eigenvalue weighted by Gasteiger charge is 2.34. The maximum absolute atomic E-state index is 13.6. The lowest BCUT2D eigenvalue weighted by molar-refractivity contribution is -0.124. The third kappa shape index (κ3) is 2.23. The molecule has 0 spiro atoms. The molecule has 0 bridgehead atoms. The molecule has 0 atom stereocenters. The summed E-state index contributed by atoms with van der Waals surface area (Å²) in [6.07, 6.45) is 1.92. The highest BCUT2D eigenvalue weighted by Crippen LogP contribution is 2.31. The van der Waals surface area contributed by atoms with Crippen LogP contribution in [-0.4, -0.2) is 5.91 Å². The number of carbonyl (C=O) groups excluding carboxylic acids is 1. The van der Waals surface area contributed by atoms with Gasteiger partial charge >= 0.3 is 0 Å². The van der Waals surface area contributed by atoms with Crippen molar-refractivity contribution in [3.8, 4) is 0 Å². The molecule has 1 fully saturated rings. The van der Waals surface area contributed by atoms with E-state index in [0.29, 0.717) is 5.56 Å². The van der Waals surface area contributed by atoms with Gasteiger partial charge in [-0.3, -0.25) is 4.79 Å². The quantitative estimate of drug-likeness (QED) is 0.835. The van der Waals surface area contributed by atoms with Crippen LogP contribution in [0.4, 0.5) is 4.39 Å². The molecule has 1 N–H and O–H groups in total. The fraction of sp³-hybridized carbons (Fsp3) is 0.462. The first-order valence-electron chi connectivity index (χ1n) is 5.58. The Morgan fingerprint density at radius 3 is 2.56 bits per heavy atom. The Morgan fingerprint density at radius 2 is 2.00 bits per heavy atom. The van der Waals surface area contributed by atoms with Gasteiger partial charge in [0.25, 0.3) is 0 Å². The third-order valence-corrected chi connectivity index (χ3v) is 2.93. The molecular formula is C13H16FNO. The molecule has 1 saturated carbocycles. The molecule has 1 amide bonds. The van der Waals surface area contributed by atoms with Crippen molar-refractivity contribution in [2.75, 3.05) is 0 Å². The summed E-state index contributed by atoms with van der Waals surface area (Å²) in [6.45, 7) is 3.65. The lowest BCUT2D eigenvalue weighted by atomic mass is 9.93. The molecule has 2 nitrogen and oxygen atoms in total. The average molecular weight is 221 g/mol. The van der Waals surface area contributed by atoms with Crippen LogP contribution in [-0.2, 0) is 10.3 Å². The summed E-state index contributed by atoms with van der Waals surface area (Å²) in [6, 6.07) is 6.56. The summed E-state index contributed by atoms with van der Waals surface area (Å²) in [4.78, 5) is 11.7. The second-order valence-corrected chi connectivity index (χ2v) is 4.87. The van der Waals surface area contributed by atoms with E-state index >= 15 is 0 Å². The number of rotatable bonds is 3. The lowest BCUT2D eigenvalue weighted by Crippen LogP contribution is -2.42. The fourth-order valence-corrected chi connectivity index (χ4v) is 1.79. The molecule has 0 aliphatic heterocycles. The van der Waals surface area contributed by atoms with Crippen LogP contribution in [0.2, 0.25) is 0 Å². The molecular weight excluding hydrogens is 205 g/mol. The van der Waals surface area contributed by atoms with Gasteiger partial charge in [-0.05, 0) is 32.8 Å². The van der Waals surface area contributed by atoms with Gasteiger partial charge in [-0.25, -0.2) is 4.39 Å². The Balaban J connectivity index is 2.17. The Kier molecular flexibility index (Phi) is 2.70. The zero-order valence-electron chi connectivity index (χ0n) is 9.59. The fourth-order valence-electron chi connectivity index (χ4n) is 1.79. The van der Waals surface area contributed by atoms with Crippen LogP contribution < -0.4 is 5.32 Å². The number of nitrogens with one attached hydrogen (secondary N) is 1. The van der Waals surface area contributed by atoms with Crippen molar-refractivity contribution in [1.29, 1.82) is 0 Å². The number of halogens is 1. The van der Waals surface area contributed by atoms with E-state index in [1.165, 1.54) is 6.07 Å². The Hall–Kier alpha value is -1.38. The molecule has 3 heteroatoms. The summed E-state index contributed by atoms with van der Waals surface area (Å²) in [7, 11) is 0. The highest BCUT2D eigenvalue weighted by molar-refractivity contribution is 5.81. The van der Waals surface area contributed by atoms with Gasteiger partial charge in [-0.2, -0.15) is 0 Å². The molecule has 0 heterocycles. The molecule has 0 unspecified atom stereocenters. The van der Waals surface area contributed by atoms with E-state index in [-0.39, 0.29) is 17.6 Å². The largest absolute Gasteiger partial charge is 0.347 e. The standard InChI is InChI=1S/C13H16FNO/c1-13(2,15-12(16)9-7-8-9)10-5-3-4-6-11(10)14/h3-6,9H,7-8H2,1-2H3,(H,15,16). The van der Waals surface area contributed by atoms with Crippen molar-refractivity contribution in [2.24, 2.45) is 5.92 Å². The maximum Gasteiger partial charge on any atom is 0.223 e. The lowest BCUT2D eigenvalue weighted by Gasteiger charge is -2.27. The van der Waals surface area contributed by atoms with Crippen LogP contribution >= 0.6 is 0 Å². The molecule has 86 valence electrons. The normalized spacial score (nSPS) is 15.9. The van der Waals surface area contributed by atoms with Crippen LogP contribution in [0, 0.1) is 11.7 Å². The molecule has 0 saturated heterocycles. The zero-order chi connectivity index (χ0) is 11.8. The maximum atomic E-state index is 13.6. The van der Waals surface area contributed by atoms with Gasteiger partial charge in [0.1, 0.15) is 5.82 Å². The summed E-state index contributed by atoms with van der Waals surface area (Å²) in [5, 5.41) is 2.90. The van der Waals surface area contributed by atoms with E-state index in [0.717, 1.165) is 12.8 Å². The topological polar surface area (TPSA) is 29.1 Å². The summed E-state index contributed by atoms with van der Waals surface area (Å²) in [5.74, 6) is -0.0945. The minimum Gasteiger partial charge on any atom is -0.347 e. The highest BCUT2D eigenvalue weighted by atomic mass is 19.1. The van der Waals surface area contributed by atoms with Gasteiger partial charge in [-0.1, -0.05) is 18.2 Å². The van der Waals surface area contributed by atoms with Crippen LogP contribution in [0.15, 0.2) is 24.3 Å². The predicted molar refractivity (Wildman–Crippen MR) is 60.3 cm³/mol. The molecule has 1 aliphatic rings. The van der Waals surface area contributed by atoms with Crippen molar-refractivity contribution in [3.63, 3.8) is 0 Å². The predicted octanol–water partition coefficient (Wildman–Crippen LogP) is 2.59. The van der Waals surface area contributed by atoms with E-state index < -0.39 is 5.54 Å². The molecule has 0 radical (unpaired) electrons. The Labute approximate surface area is 94.9 Å². The second-order valence-electron chi connectivity index (χ2n) is 4.87. The van der Waals surface area contributed by atoms with Gasteiger partial charge in [0.05, 0.1) is 5.54 Å². The van der Waals surface area contributed by atoms with Crippen LogP contribution in [0.1, 0.15) is 32.3 Å². The van der Waals surface area contributed by atoms with Crippen molar-refractivity contribution in [3.05, 3.63) is 35.6 Å². The smallest absolute Gasteiger partial charge is 0.223 e. The minimum atomic E-state index is -0.648. The van der Waals surface area contributed by atoms with Crippen LogP contribution in [0.25, 0.3) is 0 Å². The number of carbonyl (C=O) groups is 1. The van der Waals surface area contributed by atoms with Crippen molar-refractivity contribution < 1.29 is 9.18 Å². The monoisotopic (exact) mass is 221 g/mol. The van der Waals surface area contributed by atoms with Crippen LogP contribution in [0.5, 0.6) is 0 Å². The third-order valence-electron chi connectivity index (χ3n) is 2.93. The summed E-state index contributed by atoms with van der Waals surface area (Å²) in [5.41, 5.74) is -0.116. The van der Waals surface area contributed by atoms with E-state index in [9.17, 15) is 9.18 Å². The Morgan fingerprint density at radius 1 is 1.38 bits per heavy atom. The first-order valence-corrected chi connectivity index (χ1v) is 5.58. The van der Waals surface area contributed by atoms with Crippen molar-refractivity contribution in [1.82, 2.24) is 5.32 Å². The number of hydrogen-bond acceptors (Lipinski definition) is 1. The molecule has 1 aromatic carbocycles. The molecule has 16 heavy (non-hydrogen) atoms. The SMILES string of the molecule is CC(C)(NC(=O)C1CC1)c1ccccc1F. The van der Waals surface area contributed by atoms with Gasteiger partial charge in [0.2, 0.25) is 5.91 Å². The average Bonchev–Trinajstić information content (AvgIpc) is 3.00.